The Morgan fingerprint density at radius 1 is 1.09 bits per heavy atom. The zero-order valence-corrected chi connectivity index (χ0v) is 18.7. The molecule has 0 amide bonds. The Hall–Kier alpha value is -3.39. The summed E-state index contributed by atoms with van der Waals surface area (Å²) in [5.41, 5.74) is 2.28. The molecule has 8 heteroatoms. The maximum absolute atomic E-state index is 5.45. The molecule has 32 heavy (non-hydrogen) atoms. The number of likely N-dealkylation sites (tertiary alicyclic amines) is 1. The van der Waals surface area contributed by atoms with Crippen LogP contribution in [-0.4, -0.2) is 59.4 Å². The van der Waals surface area contributed by atoms with Crippen molar-refractivity contribution in [1.29, 1.82) is 0 Å². The van der Waals surface area contributed by atoms with Gasteiger partial charge in [-0.2, -0.15) is 0 Å². The number of hydrogen-bond acceptors (Lipinski definition) is 5. The van der Waals surface area contributed by atoms with E-state index < -0.39 is 0 Å². The van der Waals surface area contributed by atoms with Crippen LogP contribution in [0.4, 0.5) is 0 Å². The molecule has 1 unspecified atom stereocenters. The number of rotatable bonds is 8. The molecule has 2 N–H and O–H groups in total. The van der Waals surface area contributed by atoms with Crippen LogP contribution < -0.4 is 15.4 Å². The van der Waals surface area contributed by atoms with Crippen LogP contribution in [0.2, 0.25) is 0 Å². The van der Waals surface area contributed by atoms with Crippen molar-refractivity contribution in [1.82, 2.24) is 30.3 Å². The van der Waals surface area contributed by atoms with Gasteiger partial charge in [-0.25, -0.2) is 0 Å². The first-order valence-electron chi connectivity index (χ1n) is 11.1. The van der Waals surface area contributed by atoms with E-state index in [-0.39, 0.29) is 6.04 Å². The number of methoxy groups -OCH3 is 1. The van der Waals surface area contributed by atoms with E-state index in [0.717, 1.165) is 42.9 Å². The van der Waals surface area contributed by atoms with Crippen molar-refractivity contribution in [2.45, 2.75) is 25.4 Å². The molecule has 0 radical (unpaired) electrons. The first-order valence-corrected chi connectivity index (χ1v) is 11.1. The Kier molecular flexibility index (Phi) is 7.34. The first-order chi connectivity index (χ1) is 15.8. The Morgan fingerprint density at radius 2 is 1.91 bits per heavy atom. The van der Waals surface area contributed by atoms with E-state index in [1.165, 1.54) is 18.4 Å². The van der Waals surface area contributed by atoms with Gasteiger partial charge in [0, 0.05) is 19.3 Å². The topological polar surface area (TPSA) is 79.6 Å². The van der Waals surface area contributed by atoms with Crippen molar-refractivity contribution >= 4 is 5.96 Å². The van der Waals surface area contributed by atoms with Gasteiger partial charge in [-0.3, -0.25) is 14.5 Å². The largest absolute Gasteiger partial charge is 0.497 e. The Balaban J connectivity index is 1.41. The van der Waals surface area contributed by atoms with E-state index in [1.807, 2.05) is 41.0 Å². The minimum Gasteiger partial charge on any atom is -0.497 e. The van der Waals surface area contributed by atoms with Gasteiger partial charge in [0.25, 0.3) is 0 Å². The molecule has 1 saturated heterocycles. The molecule has 1 aliphatic heterocycles. The number of para-hydroxylation sites is 1. The summed E-state index contributed by atoms with van der Waals surface area (Å²) in [5.74, 6) is 2.44. The standard InChI is InChI=1S/C24H31N7O/c1-25-24(27-17-23-29-28-18-31(23)20-10-4-3-5-11-20)26-16-22(30-13-6-7-14-30)19-9-8-12-21(15-19)32-2/h3-5,8-12,15,18,22H,6-7,13-14,16-17H2,1-2H3,(H2,25,26,27). The molecule has 0 bridgehead atoms. The fourth-order valence-corrected chi connectivity index (χ4v) is 4.12. The van der Waals surface area contributed by atoms with Gasteiger partial charge < -0.3 is 15.4 Å². The van der Waals surface area contributed by atoms with E-state index in [4.69, 9.17) is 4.74 Å². The quantitative estimate of drug-likeness (QED) is 0.420. The number of aliphatic imine (C=N–C) groups is 1. The average molecular weight is 434 g/mol. The number of hydrogen-bond donors (Lipinski definition) is 2. The second kappa shape index (κ2) is 10.8. The molecule has 0 aliphatic carbocycles. The summed E-state index contributed by atoms with van der Waals surface area (Å²) in [6, 6.07) is 18.7. The molecule has 1 atom stereocenters. The summed E-state index contributed by atoms with van der Waals surface area (Å²) in [7, 11) is 3.50. The summed E-state index contributed by atoms with van der Waals surface area (Å²) in [6.07, 6.45) is 4.21. The zero-order valence-electron chi connectivity index (χ0n) is 18.7. The fraction of sp³-hybridized carbons (Fsp3) is 0.375. The number of guanidine groups is 1. The maximum atomic E-state index is 5.45. The summed E-state index contributed by atoms with van der Waals surface area (Å²) >= 11 is 0. The third-order valence-corrected chi connectivity index (χ3v) is 5.81. The monoisotopic (exact) mass is 433 g/mol. The number of ether oxygens (including phenoxy) is 1. The average Bonchev–Trinajstić information content (AvgIpc) is 3.54. The lowest BCUT2D eigenvalue weighted by Gasteiger charge is -2.29. The predicted molar refractivity (Wildman–Crippen MR) is 126 cm³/mol. The number of nitrogens with zero attached hydrogens (tertiary/aromatic N) is 5. The minimum atomic E-state index is 0.249. The molecule has 1 fully saturated rings. The van der Waals surface area contributed by atoms with Crippen molar-refractivity contribution in [3.63, 3.8) is 0 Å². The highest BCUT2D eigenvalue weighted by atomic mass is 16.5. The molecular formula is C24H31N7O. The molecule has 3 aromatic rings. The van der Waals surface area contributed by atoms with E-state index in [9.17, 15) is 0 Å². The second-order valence-electron chi connectivity index (χ2n) is 7.79. The highest BCUT2D eigenvalue weighted by molar-refractivity contribution is 5.79. The first kappa shape index (κ1) is 21.8. The van der Waals surface area contributed by atoms with Gasteiger partial charge in [0.1, 0.15) is 12.1 Å². The lowest BCUT2D eigenvalue weighted by Crippen LogP contribution is -2.42. The van der Waals surface area contributed by atoms with Gasteiger partial charge in [-0.15, -0.1) is 10.2 Å². The fourth-order valence-electron chi connectivity index (χ4n) is 4.12. The molecule has 2 heterocycles. The molecule has 168 valence electrons. The summed E-state index contributed by atoms with van der Waals surface area (Å²) in [4.78, 5) is 6.94. The van der Waals surface area contributed by atoms with Crippen LogP contribution in [0.15, 0.2) is 65.9 Å². The van der Waals surface area contributed by atoms with Crippen molar-refractivity contribution < 1.29 is 4.74 Å². The smallest absolute Gasteiger partial charge is 0.191 e. The van der Waals surface area contributed by atoms with E-state index >= 15 is 0 Å². The predicted octanol–water partition coefficient (Wildman–Crippen LogP) is 2.78. The SMILES string of the molecule is CN=C(NCc1nncn1-c1ccccc1)NCC(c1cccc(OC)c1)N1CCCC1. The second-order valence-corrected chi connectivity index (χ2v) is 7.79. The molecule has 4 rings (SSSR count). The van der Waals surface area contributed by atoms with Gasteiger partial charge in [-0.1, -0.05) is 30.3 Å². The van der Waals surface area contributed by atoms with E-state index in [0.29, 0.717) is 6.54 Å². The summed E-state index contributed by atoms with van der Waals surface area (Å²) < 4.78 is 7.43. The Morgan fingerprint density at radius 3 is 2.66 bits per heavy atom. The normalized spacial score (nSPS) is 15.5. The van der Waals surface area contributed by atoms with Crippen LogP contribution in [0.1, 0.15) is 30.3 Å². The highest BCUT2D eigenvalue weighted by Gasteiger charge is 2.24. The van der Waals surface area contributed by atoms with Crippen LogP contribution in [0, 0.1) is 0 Å². The maximum Gasteiger partial charge on any atom is 0.191 e. The number of aromatic nitrogens is 3. The van der Waals surface area contributed by atoms with E-state index in [1.54, 1.807) is 20.5 Å². The lowest BCUT2D eigenvalue weighted by atomic mass is 10.1. The molecule has 2 aromatic carbocycles. The Labute approximate surface area is 189 Å². The zero-order chi connectivity index (χ0) is 22.2. The molecule has 0 spiro atoms. The van der Waals surface area contributed by atoms with Gasteiger partial charge in [0.15, 0.2) is 11.8 Å². The van der Waals surface area contributed by atoms with Gasteiger partial charge in [0.05, 0.1) is 19.7 Å². The van der Waals surface area contributed by atoms with Gasteiger partial charge in [-0.05, 0) is 55.8 Å². The van der Waals surface area contributed by atoms with Crippen LogP contribution >= 0.6 is 0 Å². The summed E-state index contributed by atoms with van der Waals surface area (Å²) in [5, 5.41) is 15.2. The lowest BCUT2D eigenvalue weighted by molar-refractivity contribution is 0.245. The molecule has 0 saturated carbocycles. The van der Waals surface area contributed by atoms with Crippen molar-refractivity contribution in [2.75, 3.05) is 33.8 Å². The Bertz CT molecular complexity index is 1010. The highest BCUT2D eigenvalue weighted by Crippen LogP contribution is 2.27. The minimum absolute atomic E-state index is 0.249. The number of nitrogens with one attached hydrogen (secondary N) is 2. The molecule has 1 aliphatic rings. The van der Waals surface area contributed by atoms with Gasteiger partial charge in [0.2, 0.25) is 0 Å². The van der Waals surface area contributed by atoms with Crippen molar-refractivity contribution in [2.24, 2.45) is 4.99 Å². The molecular weight excluding hydrogens is 402 g/mol. The summed E-state index contributed by atoms with van der Waals surface area (Å²) in [6.45, 7) is 3.48. The van der Waals surface area contributed by atoms with Crippen molar-refractivity contribution in [3.05, 3.63) is 72.3 Å². The number of benzene rings is 2. The van der Waals surface area contributed by atoms with Crippen LogP contribution in [-0.2, 0) is 6.54 Å². The van der Waals surface area contributed by atoms with Crippen LogP contribution in [0.5, 0.6) is 5.75 Å². The van der Waals surface area contributed by atoms with Crippen LogP contribution in [0.25, 0.3) is 5.69 Å². The molecule has 8 nitrogen and oxygen atoms in total. The van der Waals surface area contributed by atoms with E-state index in [2.05, 4.69) is 48.9 Å². The third kappa shape index (κ3) is 5.26. The van der Waals surface area contributed by atoms with Crippen molar-refractivity contribution in [3.8, 4) is 11.4 Å². The van der Waals surface area contributed by atoms with Crippen LogP contribution in [0.3, 0.4) is 0 Å². The third-order valence-electron chi connectivity index (χ3n) is 5.81. The van der Waals surface area contributed by atoms with Gasteiger partial charge >= 0.3 is 0 Å². The molecule has 1 aromatic heterocycles.